The molecular formula is C22H24N2O3. The summed E-state index contributed by atoms with van der Waals surface area (Å²) in [4.78, 5) is 12.1. The number of rotatable bonds is 6. The lowest BCUT2D eigenvalue weighted by Gasteiger charge is -2.07. The summed E-state index contributed by atoms with van der Waals surface area (Å²) < 4.78 is 12.6. The normalized spacial score (nSPS) is 11.1. The van der Waals surface area contributed by atoms with Gasteiger partial charge < -0.3 is 19.4 Å². The molecule has 5 nitrogen and oxygen atoms in total. The molecule has 1 heterocycles. The molecule has 1 amide bonds. The summed E-state index contributed by atoms with van der Waals surface area (Å²) in [5.41, 5.74) is 4.34. The molecule has 0 unspecified atom stereocenters. The third-order valence-corrected chi connectivity index (χ3v) is 4.65. The summed E-state index contributed by atoms with van der Waals surface area (Å²) >= 11 is 0. The molecule has 0 bridgehead atoms. The maximum atomic E-state index is 12.1. The Hall–Kier alpha value is -3.21. The van der Waals surface area contributed by atoms with Crippen LogP contribution in [-0.4, -0.2) is 24.7 Å². The van der Waals surface area contributed by atoms with Crippen molar-refractivity contribution < 1.29 is 14.3 Å². The van der Waals surface area contributed by atoms with E-state index in [0.29, 0.717) is 18.0 Å². The Balaban J connectivity index is 1.63. The summed E-state index contributed by atoms with van der Waals surface area (Å²) in [5.74, 6) is 1.14. The number of nitrogens with one attached hydrogen (secondary N) is 1. The van der Waals surface area contributed by atoms with E-state index in [4.69, 9.17) is 9.47 Å². The Labute approximate surface area is 159 Å². The van der Waals surface area contributed by atoms with Gasteiger partial charge in [0.25, 0.3) is 0 Å². The van der Waals surface area contributed by atoms with E-state index in [1.807, 2.05) is 24.3 Å². The zero-order valence-electron chi connectivity index (χ0n) is 16.1. The summed E-state index contributed by atoms with van der Waals surface area (Å²) in [7, 11) is 5.23. The van der Waals surface area contributed by atoms with Crippen LogP contribution in [0.5, 0.6) is 11.5 Å². The second kappa shape index (κ2) is 7.99. The molecule has 0 aliphatic carbocycles. The predicted molar refractivity (Wildman–Crippen MR) is 108 cm³/mol. The number of hydrogen-bond donors (Lipinski definition) is 1. The fourth-order valence-electron chi connectivity index (χ4n) is 3.02. The van der Waals surface area contributed by atoms with Gasteiger partial charge in [-0.15, -0.1) is 0 Å². The molecule has 0 saturated carbocycles. The third-order valence-electron chi connectivity index (χ3n) is 4.65. The quantitative estimate of drug-likeness (QED) is 0.676. The summed E-state index contributed by atoms with van der Waals surface area (Å²) in [6, 6.07) is 13.9. The molecule has 2 aromatic carbocycles. The Morgan fingerprint density at radius 3 is 2.59 bits per heavy atom. The van der Waals surface area contributed by atoms with Gasteiger partial charge in [-0.05, 0) is 54.5 Å². The Morgan fingerprint density at radius 2 is 1.85 bits per heavy atom. The van der Waals surface area contributed by atoms with Crippen LogP contribution in [0.4, 0.5) is 0 Å². The largest absolute Gasteiger partial charge is 0.493 e. The van der Waals surface area contributed by atoms with Crippen molar-refractivity contribution >= 4 is 22.9 Å². The number of carbonyl (C=O) groups is 1. The van der Waals surface area contributed by atoms with Crippen molar-refractivity contribution in [1.82, 2.24) is 9.88 Å². The Bertz CT molecular complexity index is 1000. The smallest absolute Gasteiger partial charge is 0.244 e. The molecule has 0 aliphatic rings. The van der Waals surface area contributed by atoms with E-state index in [1.54, 1.807) is 20.3 Å². The van der Waals surface area contributed by atoms with Crippen molar-refractivity contribution in [3.63, 3.8) is 0 Å². The minimum absolute atomic E-state index is 0.144. The number of aryl methyl sites for hydroxylation is 2. The van der Waals surface area contributed by atoms with E-state index >= 15 is 0 Å². The average molecular weight is 364 g/mol. The van der Waals surface area contributed by atoms with Gasteiger partial charge in [-0.2, -0.15) is 0 Å². The van der Waals surface area contributed by atoms with Crippen molar-refractivity contribution in [2.75, 3.05) is 14.2 Å². The van der Waals surface area contributed by atoms with E-state index in [-0.39, 0.29) is 5.91 Å². The minimum atomic E-state index is -0.144. The number of methoxy groups -OCH3 is 2. The number of nitrogens with zero attached hydrogens (tertiary/aromatic N) is 1. The van der Waals surface area contributed by atoms with Crippen molar-refractivity contribution in [2.45, 2.75) is 13.5 Å². The maximum absolute atomic E-state index is 12.1. The molecular weight excluding hydrogens is 340 g/mol. The second-order valence-electron chi connectivity index (χ2n) is 6.40. The first-order valence-electron chi connectivity index (χ1n) is 8.74. The number of benzene rings is 2. The molecule has 0 radical (unpaired) electrons. The molecule has 1 N–H and O–H groups in total. The second-order valence-corrected chi connectivity index (χ2v) is 6.40. The molecule has 140 valence electrons. The van der Waals surface area contributed by atoms with Crippen molar-refractivity contribution in [3.05, 3.63) is 65.4 Å². The fourth-order valence-corrected chi connectivity index (χ4v) is 3.02. The lowest BCUT2D eigenvalue weighted by molar-refractivity contribution is -0.116. The predicted octanol–water partition coefficient (Wildman–Crippen LogP) is 3.83. The zero-order chi connectivity index (χ0) is 19.4. The Kier molecular flexibility index (Phi) is 5.50. The standard InChI is InChI=1S/C22H24N2O3/c1-15-11-18-12-17(5-8-19(18)24(15)2)14-23-22(25)10-7-16-6-9-20(26-3)21(13-16)27-4/h5-13H,14H2,1-4H3,(H,23,25). The lowest BCUT2D eigenvalue weighted by atomic mass is 10.1. The van der Waals surface area contributed by atoms with Crippen LogP contribution < -0.4 is 14.8 Å². The molecule has 5 heteroatoms. The number of amides is 1. The van der Waals surface area contributed by atoms with Crippen LogP contribution in [0, 0.1) is 6.92 Å². The SMILES string of the molecule is COc1ccc(C=CC(=O)NCc2ccc3c(c2)cc(C)n3C)cc1OC. The first kappa shape index (κ1) is 18.6. The molecule has 0 saturated heterocycles. The minimum Gasteiger partial charge on any atom is -0.493 e. The highest BCUT2D eigenvalue weighted by molar-refractivity contribution is 5.91. The van der Waals surface area contributed by atoms with Crippen molar-refractivity contribution in [2.24, 2.45) is 7.05 Å². The van der Waals surface area contributed by atoms with E-state index in [2.05, 4.69) is 42.1 Å². The fraction of sp³-hybridized carbons (Fsp3) is 0.227. The number of carbonyl (C=O) groups excluding carboxylic acids is 1. The monoisotopic (exact) mass is 364 g/mol. The topological polar surface area (TPSA) is 52.5 Å². The van der Waals surface area contributed by atoms with Gasteiger partial charge in [0.1, 0.15) is 0 Å². The van der Waals surface area contributed by atoms with Crippen LogP contribution in [0.15, 0.2) is 48.5 Å². The first-order valence-corrected chi connectivity index (χ1v) is 8.74. The molecule has 0 aliphatic heterocycles. The highest BCUT2D eigenvalue weighted by atomic mass is 16.5. The van der Waals surface area contributed by atoms with Gasteiger partial charge in [0.2, 0.25) is 5.91 Å². The molecule has 0 atom stereocenters. The lowest BCUT2D eigenvalue weighted by Crippen LogP contribution is -2.20. The van der Waals surface area contributed by atoms with Gasteiger partial charge in [0, 0.05) is 36.3 Å². The molecule has 3 rings (SSSR count). The number of ether oxygens (including phenoxy) is 2. The van der Waals surface area contributed by atoms with Crippen LogP contribution in [0.2, 0.25) is 0 Å². The number of hydrogen-bond acceptors (Lipinski definition) is 3. The van der Waals surface area contributed by atoms with Gasteiger partial charge in [0.05, 0.1) is 14.2 Å². The Morgan fingerprint density at radius 1 is 1.07 bits per heavy atom. The highest BCUT2D eigenvalue weighted by Crippen LogP contribution is 2.28. The van der Waals surface area contributed by atoms with Crippen LogP contribution in [0.25, 0.3) is 17.0 Å². The molecule has 3 aromatic rings. The summed E-state index contributed by atoms with van der Waals surface area (Å²) in [5, 5.41) is 4.10. The van der Waals surface area contributed by atoms with E-state index in [9.17, 15) is 4.79 Å². The van der Waals surface area contributed by atoms with Gasteiger partial charge in [-0.1, -0.05) is 12.1 Å². The van der Waals surface area contributed by atoms with Gasteiger partial charge >= 0.3 is 0 Å². The van der Waals surface area contributed by atoms with Crippen LogP contribution >= 0.6 is 0 Å². The molecule has 0 fully saturated rings. The zero-order valence-corrected chi connectivity index (χ0v) is 16.1. The summed E-state index contributed by atoms with van der Waals surface area (Å²) in [6.07, 6.45) is 3.27. The van der Waals surface area contributed by atoms with Gasteiger partial charge in [0.15, 0.2) is 11.5 Å². The van der Waals surface area contributed by atoms with Gasteiger partial charge in [-0.25, -0.2) is 0 Å². The van der Waals surface area contributed by atoms with Crippen molar-refractivity contribution in [3.8, 4) is 11.5 Å². The number of fused-ring (bicyclic) bond motifs is 1. The molecule has 27 heavy (non-hydrogen) atoms. The van der Waals surface area contributed by atoms with E-state index in [1.165, 1.54) is 22.7 Å². The average Bonchev–Trinajstić information content (AvgIpc) is 2.97. The van der Waals surface area contributed by atoms with Gasteiger partial charge in [-0.3, -0.25) is 4.79 Å². The highest BCUT2D eigenvalue weighted by Gasteiger charge is 2.05. The molecule has 0 spiro atoms. The van der Waals surface area contributed by atoms with E-state index in [0.717, 1.165) is 11.1 Å². The third kappa shape index (κ3) is 4.14. The van der Waals surface area contributed by atoms with Crippen LogP contribution in [-0.2, 0) is 18.4 Å². The van der Waals surface area contributed by atoms with Crippen LogP contribution in [0.3, 0.4) is 0 Å². The maximum Gasteiger partial charge on any atom is 0.244 e. The van der Waals surface area contributed by atoms with E-state index < -0.39 is 0 Å². The summed E-state index contributed by atoms with van der Waals surface area (Å²) in [6.45, 7) is 2.57. The van der Waals surface area contributed by atoms with Crippen LogP contribution in [0.1, 0.15) is 16.8 Å². The number of aromatic nitrogens is 1. The van der Waals surface area contributed by atoms with Crippen molar-refractivity contribution in [1.29, 1.82) is 0 Å². The molecule has 1 aromatic heterocycles. The first-order chi connectivity index (χ1) is 13.0.